The lowest BCUT2D eigenvalue weighted by atomic mass is 9.80. The Morgan fingerprint density at radius 3 is 2.04 bits per heavy atom. The van der Waals surface area contributed by atoms with Gasteiger partial charge in [0.05, 0.1) is 0 Å². The van der Waals surface area contributed by atoms with E-state index in [1.807, 2.05) is 6.08 Å². The lowest BCUT2D eigenvalue weighted by Crippen LogP contribution is -2.56. The fraction of sp³-hybridized carbons (Fsp3) is 0.520. The van der Waals surface area contributed by atoms with Crippen molar-refractivity contribution in [1.29, 1.82) is 0 Å². The van der Waals surface area contributed by atoms with E-state index in [1.165, 1.54) is 16.3 Å². The van der Waals surface area contributed by atoms with Crippen molar-refractivity contribution in [2.24, 2.45) is 5.41 Å². The van der Waals surface area contributed by atoms with Crippen LogP contribution in [0.5, 0.6) is 5.75 Å². The molecule has 27 heavy (non-hydrogen) atoms. The maximum Gasteiger partial charge on any atom is 0.122 e. The molecule has 2 heteroatoms. The molecule has 1 aliphatic carbocycles. The van der Waals surface area contributed by atoms with Crippen LogP contribution in [0.2, 0.25) is 18.1 Å². The highest BCUT2D eigenvalue weighted by atomic mass is 28.3. The third kappa shape index (κ3) is 3.74. The van der Waals surface area contributed by atoms with E-state index in [-0.39, 0.29) is 15.9 Å². The third-order valence-corrected chi connectivity index (χ3v) is 11.0. The van der Waals surface area contributed by atoms with Crippen LogP contribution in [0.4, 0.5) is 0 Å². The highest BCUT2D eigenvalue weighted by molar-refractivity contribution is 6.94. The molecular weight excluding hydrogens is 344 g/mol. The molecule has 0 saturated heterocycles. The number of aryl methyl sites for hydroxylation is 1. The van der Waals surface area contributed by atoms with Gasteiger partial charge < -0.3 is 4.74 Å². The van der Waals surface area contributed by atoms with Crippen molar-refractivity contribution in [3.05, 3.63) is 60.2 Å². The van der Waals surface area contributed by atoms with E-state index < -0.39 is 8.07 Å². The molecule has 1 nitrogen and oxygen atoms in total. The van der Waals surface area contributed by atoms with E-state index >= 15 is 0 Å². The predicted molar refractivity (Wildman–Crippen MR) is 123 cm³/mol. The Morgan fingerprint density at radius 1 is 1.04 bits per heavy atom. The molecule has 0 amide bonds. The highest BCUT2D eigenvalue weighted by Gasteiger charge is 2.53. The van der Waals surface area contributed by atoms with Gasteiger partial charge in [-0.05, 0) is 28.5 Å². The summed E-state index contributed by atoms with van der Waals surface area (Å²) in [5.74, 6) is 1.09. The maximum atomic E-state index is 6.37. The molecule has 2 rings (SSSR count). The van der Waals surface area contributed by atoms with Crippen molar-refractivity contribution in [3.8, 4) is 5.75 Å². The molecule has 1 aromatic carbocycles. The fourth-order valence-corrected chi connectivity index (χ4v) is 9.35. The molecule has 0 saturated carbocycles. The number of benzene rings is 1. The molecule has 148 valence electrons. The average molecular weight is 383 g/mol. The quantitative estimate of drug-likeness (QED) is 0.407. The Kier molecular flexibility index (Phi) is 5.74. The Labute approximate surface area is 168 Å². The van der Waals surface area contributed by atoms with Gasteiger partial charge in [-0.25, -0.2) is 0 Å². The van der Waals surface area contributed by atoms with Gasteiger partial charge in [-0.3, -0.25) is 0 Å². The summed E-state index contributed by atoms with van der Waals surface area (Å²) < 4.78 is 6.37. The zero-order valence-electron chi connectivity index (χ0n) is 18.9. The van der Waals surface area contributed by atoms with Crippen LogP contribution in [0, 0.1) is 12.3 Å². The normalized spacial score (nSPS) is 16.6. The summed E-state index contributed by atoms with van der Waals surface area (Å²) in [6.07, 6.45) is 11.2. The molecule has 0 heterocycles. The van der Waals surface area contributed by atoms with Gasteiger partial charge in [0.25, 0.3) is 0 Å². The first-order valence-corrected chi connectivity index (χ1v) is 13.0. The molecule has 0 aromatic heterocycles. The number of hydrogen-bond donors (Lipinski definition) is 0. The minimum absolute atomic E-state index is 0.0258. The Morgan fingerprint density at radius 2 is 1.59 bits per heavy atom. The van der Waals surface area contributed by atoms with Crippen molar-refractivity contribution < 1.29 is 4.74 Å². The molecule has 1 aliphatic rings. The summed E-state index contributed by atoms with van der Waals surface area (Å²) in [4.78, 5) is 0. The molecule has 1 aromatic rings. The van der Waals surface area contributed by atoms with Gasteiger partial charge in [-0.2, -0.15) is 0 Å². The summed E-state index contributed by atoms with van der Waals surface area (Å²) >= 11 is 0. The first kappa shape index (κ1) is 21.8. The first-order valence-electron chi connectivity index (χ1n) is 10.0. The van der Waals surface area contributed by atoms with E-state index in [1.54, 1.807) is 0 Å². The van der Waals surface area contributed by atoms with Crippen LogP contribution >= 0.6 is 0 Å². The van der Waals surface area contributed by atoms with Gasteiger partial charge in [0.15, 0.2) is 0 Å². The van der Waals surface area contributed by atoms with Gasteiger partial charge in [0.2, 0.25) is 0 Å². The van der Waals surface area contributed by atoms with Crippen molar-refractivity contribution in [3.63, 3.8) is 0 Å². The molecule has 0 N–H and O–H groups in total. The summed E-state index contributed by atoms with van der Waals surface area (Å²) in [5.41, 5.74) is 2.78. The van der Waals surface area contributed by atoms with E-state index in [0.29, 0.717) is 6.61 Å². The molecule has 0 radical (unpaired) electrons. The van der Waals surface area contributed by atoms with Crippen molar-refractivity contribution in [2.45, 2.75) is 72.0 Å². The van der Waals surface area contributed by atoms with Crippen molar-refractivity contribution in [1.82, 2.24) is 0 Å². The van der Waals surface area contributed by atoms with Crippen LogP contribution in [0.15, 0.2) is 49.1 Å². The second kappa shape index (κ2) is 7.13. The molecule has 0 aliphatic heterocycles. The summed E-state index contributed by atoms with van der Waals surface area (Å²) in [6, 6.07) is 4.68. The summed E-state index contributed by atoms with van der Waals surface area (Å²) in [7, 11) is -2.00. The molecule has 0 spiro atoms. The maximum absolute atomic E-state index is 6.37. The van der Waals surface area contributed by atoms with Gasteiger partial charge in [0, 0.05) is 5.04 Å². The third-order valence-electron chi connectivity index (χ3n) is 6.16. The van der Waals surface area contributed by atoms with Gasteiger partial charge >= 0.3 is 0 Å². The minimum Gasteiger partial charge on any atom is -0.489 e. The molecule has 0 bridgehead atoms. The fourth-order valence-electron chi connectivity index (χ4n) is 4.64. The van der Waals surface area contributed by atoms with Crippen LogP contribution in [0.3, 0.4) is 0 Å². The average Bonchev–Trinajstić information content (AvgIpc) is 3.03. The van der Waals surface area contributed by atoms with E-state index in [0.717, 1.165) is 5.75 Å². The predicted octanol–water partition coefficient (Wildman–Crippen LogP) is 6.69. The van der Waals surface area contributed by atoms with Crippen LogP contribution in [-0.4, -0.2) is 14.7 Å². The highest BCUT2D eigenvalue weighted by Crippen LogP contribution is 2.57. The topological polar surface area (TPSA) is 9.23 Å². The summed E-state index contributed by atoms with van der Waals surface area (Å²) in [5, 5.41) is 1.47. The smallest absolute Gasteiger partial charge is 0.122 e. The lowest BCUT2D eigenvalue weighted by molar-refractivity contribution is 0.345. The Hall–Kier alpha value is -1.54. The first-order chi connectivity index (χ1) is 12.3. The standard InChI is InChI=1S/C25H38OSi/c1-11-16-26-22-20(23(3,4)5)17-19(2)18-21(22)27(9,10)25(24(6,7)8)14-12-13-15-25/h11-15,17-18H,1,16H2,2-10H3. The number of allylic oxidation sites excluding steroid dienone is 4. The molecule has 0 fully saturated rings. The van der Waals surface area contributed by atoms with Gasteiger partial charge in [-0.15, -0.1) is 0 Å². The van der Waals surface area contributed by atoms with E-state index in [2.05, 4.69) is 105 Å². The lowest BCUT2D eigenvalue weighted by Gasteiger charge is -2.50. The van der Waals surface area contributed by atoms with Crippen molar-refractivity contribution >= 4 is 13.3 Å². The van der Waals surface area contributed by atoms with Crippen LogP contribution in [-0.2, 0) is 5.41 Å². The second-order valence-electron chi connectivity index (χ2n) is 10.5. The Bertz CT molecular complexity index is 755. The van der Waals surface area contributed by atoms with Gasteiger partial charge in [-0.1, -0.05) is 109 Å². The largest absolute Gasteiger partial charge is 0.489 e. The summed E-state index contributed by atoms with van der Waals surface area (Å²) in [6.45, 7) is 25.5. The molecule has 0 unspecified atom stereocenters. The van der Waals surface area contributed by atoms with Crippen molar-refractivity contribution in [2.75, 3.05) is 6.61 Å². The SMILES string of the molecule is C=CCOc1c(C(C)(C)C)cc(C)cc1[Si](C)(C)C1(C(C)(C)C)C=CC=C1. The Balaban J connectivity index is 2.83. The van der Waals surface area contributed by atoms with Crippen LogP contribution in [0.25, 0.3) is 0 Å². The van der Waals surface area contributed by atoms with Crippen LogP contribution in [0.1, 0.15) is 52.7 Å². The van der Waals surface area contributed by atoms with E-state index in [9.17, 15) is 0 Å². The number of ether oxygens (including phenoxy) is 1. The molecular formula is C25H38OSi. The zero-order chi connectivity index (χ0) is 20.7. The second-order valence-corrected chi connectivity index (χ2v) is 15.1. The van der Waals surface area contributed by atoms with Crippen LogP contribution < -0.4 is 9.92 Å². The monoisotopic (exact) mass is 382 g/mol. The minimum atomic E-state index is -2.00. The van der Waals surface area contributed by atoms with E-state index in [4.69, 9.17) is 4.74 Å². The number of hydrogen-bond acceptors (Lipinski definition) is 1. The van der Waals surface area contributed by atoms with Gasteiger partial charge in [0.1, 0.15) is 20.4 Å². The molecule has 0 atom stereocenters. The number of rotatable bonds is 5. The zero-order valence-corrected chi connectivity index (χ0v) is 19.9.